The van der Waals surface area contributed by atoms with Crippen molar-refractivity contribution in [2.75, 3.05) is 13.1 Å². The van der Waals surface area contributed by atoms with Crippen molar-refractivity contribution in [1.82, 2.24) is 4.90 Å². The Hall–Kier alpha value is -2.87. The highest BCUT2D eigenvalue weighted by atomic mass is 32.2. The first kappa shape index (κ1) is 20.9. The van der Waals surface area contributed by atoms with Gasteiger partial charge >= 0.3 is 0 Å². The predicted octanol–water partition coefficient (Wildman–Crippen LogP) is 3.90. The average Bonchev–Trinajstić information content (AvgIpc) is 2.73. The molecule has 1 fully saturated rings. The van der Waals surface area contributed by atoms with Crippen molar-refractivity contribution in [1.29, 1.82) is 0 Å². The van der Waals surface area contributed by atoms with Gasteiger partial charge in [-0.2, -0.15) is 0 Å². The third-order valence-electron chi connectivity index (χ3n) is 5.04. The van der Waals surface area contributed by atoms with Gasteiger partial charge in [-0.3, -0.25) is 19.7 Å². The molecule has 0 spiro atoms. The molecular formula is C21H22N2O5S. The number of carbonyl (C=O) groups is 2. The Labute approximate surface area is 172 Å². The number of nitro groups is 1. The highest BCUT2D eigenvalue weighted by Crippen LogP contribution is 2.28. The van der Waals surface area contributed by atoms with Gasteiger partial charge in [0.1, 0.15) is 5.75 Å². The quantitative estimate of drug-likeness (QED) is 0.333. The summed E-state index contributed by atoms with van der Waals surface area (Å²) in [5, 5.41) is 19.8. The Morgan fingerprint density at radius 2 is 1.69 bits per heavy atom. The number of benzene rings is 2. The zero-order valence-electron chi connectivity index (χ0n) is 16.0. The largest absolute Gasteiger partial charge is 0.508 e. The summed E-state index contributed by atoms with van der Waals surface area (Å²) in [6.45, 7) is 2.87. The molecule has 0 saturated carbocycles. The molecule has 8 heteroatoms. The monoisotopic (exact) mass is 414 g/mol. The lowest BCUT2D eigenvalue weighted by Gasteiger charge is -2.33. The fraction of sp³-hybridized carbons (Fsp3) is 0.333. The molecule has 0 unspecified atom stereocenters. The van der Waals surface area contributed by atoms with Crippen molar-refractivity contribution in [3.8, 4) is 5.75 Å². The maximum atomic E-state index is 12.7. The molecule has 1 aliphatic rings. The highest BCUT2D eigenvalue weighted by Gasteiger charge is 2.30. The number of nitro benzene ring substituents is 1. The van der Waals surface area contributed by atoms with Gasteiger partial charge in [-0.15, -0.1) is 11.8 Å². The van der Waals surface area contributed by atoms with E-state index in [1.165, 1.54) is 36.0 Å². The lowest BCUT2D eigenvalue weighted by Crippen LogP contribution is -2.43. The summed E-state index contributed by atoms with van der Waals surface area (Å²) in [7, 11) is 0. The summed E-state index contributed by atoms with van der Waals surface area (Å²) < 4.78 is 0. The summed E-state index contributed by atoms with van der Waals surface area (Å²) >= 11 is 1.37. The maximum absolute atomic E-state index is 12.7. The van der Waals surface area contributed by atoms with Crippen LogP contribution >= 0.6 is 11.8 Å². The summed E-state index contributed by atoms with van der Waals surface area (Å²) in [5.41, 5.74) is 0.600. The Balaban J connectivity index is 1.53. The molecule has 0 radical (unpaired) electrons. The molecule has 1 heterocycles. The Morgan fingerprint density at radius 3 is 2.24 bits per heavy atom. The topological polar surface area (TPSA) is 101 Å². The zero-order valence-corrected chi connectivity index (χ0v) is 16.8. The minimum absolute atomic E-state index is 0.00360. The van der Waals surface area contributed by atoms with Crippen LogP contribution < -0.4 is 0 Å². The zero-order chi connectivity index (χ0) is 21.0. The minimum Gasteiger partial charge on any atom is -0.508 e. The van der Waals surface area contributed by atoms with E-state index < -0.39 is 4.92 Å². The molecule has 0 bridgehead atoms. The second-order valence-electron chi connectivity index (χ2n) is 7.02. The molecule has 1 atom stereocenters. The van der Waals surface area contributed by atoms with Crippen LogP contribution in [-0.2, 0) is 4.79 Å². The van der Waals surface area contributed by atoms with Crippen molar-refractivity contribution >= 4 is 29.1 Å². The van der Waals surface area contributed by atoms with Crippen molar-refractivity contribution in [2.45, 2.75) is 29.9 Å². The summed E-state index contributed by atoms with van der Waals surface area (Å²) in [6, 6.07) is 12.4. The van der Waals surface area contributed by atoms with E-state index in [0.29, 0.717) is 31.5 Å². The van der Waals surface area contributed by atoms with Crippen LogP contribution in [0.5, 0.6) is 5.75 Å². The first-order valence-electron chi connectivity index (χ1n) is 9.38. The molecular weight excluding hydrogens is 392 g/mol. The molecule has 2 aromatic carbocycles. The number of hydrogen-bond acceptors (Lipinski definition) is 6. The minimum atomic E-state index is -0.452. The van der Waals surface area contributed by atoms with Gasteiger partial charge < -0.3 is 10.0 Å². The van der Waals surface area contributed by atoms with E-state index in [2.05, 4.69) is 0 Å². The van der Waals surface area contributed by atoms with Crippen LogP contribution in [-0.4, -0.2) is 45.0 Å². The number of aromatic hydroxyl groups is 1. The molecule has 3 rings (SSSR count). The number of piperidine rings is 1. The molecule has 152 valence electrons. The van der Waals surface area contributed by atoms with Crippen molar-refractivity contribution in [3.63, 3.8) is 0 Å². The van der Waals surface area contributed by atoms with Gasteiger partial charge in [0.15, 0.2) is 5.78 Å². The van der Waals surface area contributed by atoms with Gasteiger partial charge in [0.2, 0.25) is 5.91 Å². The molecule has 0 aliphatic carbocycles. The number of Topliss-reactive ketones (excluding diaryl/α,β-unsaturated/α-hetero) is 1. The summed E-state index contributed by atoms with van der Waals surface area (Å²) in [4.78, 5) is 38.2. The van der Waals surface area contributed by atoms with Gasteiger partial charge in [-0.05, 0) is 56.2 Å². The fourth-order valence-corrected chi connectivity index (χ4v) is 4.33. The second-order valence-corrected chi connectivity index (χ2v) is 8.44. The molecule has 2 aromatic rings. The van der Waals surface area contributed by atoms with Crippen LogP contribution in [0.15, 0.2) is 53.4 Å². The molecule has 1 amide bonds. The number of thioether (sulfide) groups is 1. The van der Waals surface area contributed by atoms with E-state index in [1.807, 2.05) is 6.92 Å². The number of phenols is 1. The van der Waals surface area contributed by atoms with Crippen LogP contribution in [0.4, 0.5) is 5.69 Å². The van der Waals surface area contributed by atoms with Gasteiger partial charge in [0.05, 0.1) is 10.2 Å². The number of hydrogen-bond donors (Lipinski definition) is 1. The summed E-state index contributed by atoms with van der Waals surface area (Å²) in [5.74, 6) is 0.0528. The molecule has 0 aromatic heterocycles. The van der Waals surface area contributed by atoms with Crippen LogP contribution in [0, 0.1) is 16.0 Å². The third kappa shape index (κ3) is 5.14. The predicted molar refractivity (Wildman–Crippen MR) is 110 cm³/mol. The van der Waals surface area contributed by atoms with Crippen molar-refractivity contribution in [3.05, 3.63) is 64.2 Å². The third-order valence-corrected chi connectivity index (χ3v) is 6.14. The Kier molecular flexibility index (Phi) is 6.53. The van der Waals surface area contributed by atoms with E-state index in [0.717, 1.165) is 4.90 Å². The number of rotatable bonds is 6. The van der Waals surface area contributed by atoms with E-state index in [1.54, 1.807) is 29.2 Å². The smallest absolute Gasteiger partial charge is 0.269 e. The SMILES string of the molecule is C[C@@H](Sc1ccc([N+](=O)[O-])cc1)C(=O)N1CCC(C(=O)c2ccc(O)cc2)CC1. The van der Waals surface area contributed by atoms with E-state index in [4.69, 9.17) is 0 Å². The number of ketones is 1. The molecule has 1 saturated heterocycles. The lowest BCUT2D eigenvalue weighted by atomic mass is 9.89. The number of likely N-dealkylation sites (tertiary alicyclic amines) is 1. The van der Waals surface area contributed by atoms with Gasteiger partial charge in [-0.1, -0.05) is 0 Å². The lowest BCUT2D eigenvalue weighted by molar-refractivity contribution is -0.384. The number of non-ortho nitro benzene ring substituents is 1. The number of amides is 1. The molecule has 1 aliphatic heterocycles. The van der Waals surface area contributed by atoms with E-state index >= 15 is 0 Å². The molecule has 1 N–H and O–H groups in total. The maximum Gasteiger partial charge on any atom is 0.269 e. The first-order valence-corrected chi connectivity index (χ1v) is 10.3. The number of phenolic OH excluding ortho intramolecular Hbond substituents is 1. The first-order chi connectivity index (χ1) is 13.8. The number of carbonyl (C=O) groups excluding carboxylic acids is 2. The summed E-state index contributed by atoms with van der Waals surface area (Å²) in [6.07, 6.45) is 1.22. The van der Waals surface area contributed by atoms with E-state index in [9.17, 15) is 24.8 Å². The van der Waals surface area contributed by atoms with Crippen molar-refractivity contribution in [2.24, 2.45) is 5.92 Å². The second kappa shape index (κ2) is 9.09. The Morgan fingerprint density at radius 1 is 1.10 bits per heavy atom. The Bertz CT molecular complexity index is 890. The fourth-order valence-electron chi connectivity index (χ4n) is 3.38. The van der Waals surface area contributed by atoms with Crippen LogP contribution in [0.1, 0.15) is 30.1 Å². The van der Waals surface area contributed by atoms with E-state index in [-0.39, 0.29) is 34.3 Å². The standard InChI is InChI=1S/C21H22N2O5S/c1-14(29-19-8-4-17(5-9-19)23(27)28)21(26)22-12-10-16(11-13-22)20(25)15-2-6-18(24)7-3-15/h2-9,14,16,24H,10-13H2,1H3/t14-/m1/s1. The van der Waals surface area contributed by atoms with Crippen LogP contribution in [0.25, 0.3) is 0 Å². The van der Waals surface area contributed by atoms with Gasteiger partial charge in [0, 0.05) is 41.6 Å². The molecule has 29 heavy (non-hydrogen) atoms. The van der Waals surface area contributed by atoms with Crippen LogP contribution in [0.2, 0.25) is 0 Å². The molecule has 7 nitrogen and oxygen atoms in total. The highest BCUT2D eigenvalue weighted by molar-refractivity contribution is 8.00. The van der Waals surface area contributed by atoms with Crippen LogP contribution in [0.3, 0.4) is 0 Å². The van der Waals surface area contributed by atoms with Crippen molar-refractivity contribution < 1.29 is 19.6 Å². The average molecular weight is 414 g/mol. The number of nitrogens with zero attached hydrogens (tertiary/aromatic N) is 2. The normalized spacial score (nSPS) is 15.7. The van der Waals surface area contributed by atoms with Gasteiger partial charge in [-0.25, -0.2) is 0 Å². The van der Waals surface area contributed by atoms with Gasteiger partial charge in [0.25, 0.3) is 5.69 Å².